The Balaban J connectivity index is 0.00000324. The predicted molar refractivity (Wildman–Crippen MR) is 147 cm³/mol. The molecular weight excluding hydrogens is 499 g/mol. The van der Waals surface area contributed by atoms with Crippen LogP contribution in [0.2, 0.25) is 0 Å². The van der Waals surface area contributed by atoms with Gasteiger partial charge in [-0.3, -0.25) is 19.9 Å². The zero-order chi connectivity index (χ0) is 24.5. The lowest BCUT2D eigenvalue weighted by atomic mass is 10.1. The van der Waals surface area contributed by atoms with Crippen LogP contribution in [0.1, 0.15) is 36.1 Å². The summed E-state index contributed by atoms with van der Waals surface area (Å²) >= 11 is 0. The largest absolute Gasteiger partial charge is 0.315 e. The van der Waals surface area contributed by atoms with Crippen LogP contribution in [0.5, 0.6) is 0 Å². The molecule has 0 aromatic heterocycles. The van der Waals surface area contributed by atoms with E-state index in [-0.39, 0.29) is 49.7 Å². The fourth-order valence-corrected chi connectivity index (χ4v) is 4.20. The van der Waals surface area contributed by atoms with Gasteiger partial charge in [-0.05, 0) is 49.2 Å². The Morgan fingerprint density at radius 3 is 2.22 bits per heavy atom. The molecule has 0 bridgehead atoms. The first-order valence-corrected chi connectivity index (χ1v) is 11.8. The summed E-state index contributed by atoms with van der Waals surface area (Å²) in [6, 6.07) is 15.7. The van der Waals surface area contributed by atoms with Crippen molar-refractivity contribution in [2.45, 2.75) is 33.9 Å². The van der Waals surface area contributed by atoms with Crippen molar-refractivity contribution in [3.63, 3.8) is 0 Å². The smallest absolute Gasteiger partial charge is 0.250 e. The minimum Gasteiger partial charge on any atom is -0.315 e. The molecule has 0 radical (unpaired) electrons. The second-order valence-electron chi connectivity index (χ2n) is 8.32. The number of benzene rings is 2. The second-order valence-corrected chi connectivity index (χ2v) is 8.32. The summed E-state index contributed by atoms with van der Waals surface area (Å²) < 4.78 is 0. The van der Waals surface area contributed by atoms with Gasteiger partial charge in [0.05, 0.1) is 24.7 Å². The normalized spacial score (nSPS) is 12.1. The number of carbonyl (C=O) groups is 2. The van der Waals surface area contributed by atoms with Gasteiger partial charge in [-0.15, -0.1) is 24.8 Å². The van der Waals surface area contributed by atoms with Crippen LogP contribution in [0.25, 0.3) is 0 Å². The number of anilines is 1. The third-order valence-corrected chi connectivity index (χ3v) is 6.00. The fourth-order valence-electron chi connectivity index (χ4n) is 4.20. The summed E-state index contributed by atoms with van der Waals surface area (Å²) in [6.07, 6.45) is 0. The number of likely N-dealkylation sites (N-methyl/N-ethyl adjacent to an activating group) is 2. The molecular formula is C26H36Cl2N6O2. The molecule has 2 aromatic carbocycles. The lowest BCUT2D eigenvalue weighted by molar-refractivity contribution is -0.148. The average molecular weight is 536 g/mol. The molecule has 2 aromatic rings. The van der Waals surface area contributed by atoms with Gasteiger partial charge >= 0.3 is 0 Å². The molecule has 1 aliphatic rings. The summed E-state index contributed by atoms with van der Waals surface area (Å²) in [4.78, 5) is 27.8. The minimum atomic E-state index is -0.138. The Labute approximate surface area is 226 Å². The maximum absolute atomic E-state index is 13.1. The molecule has 2 amide bonds. The van der Waals surface area contributed by atoms with Crippen LogP contribution < -0.4 is 15.5 Å². The van der Waals surface area contributed by atoms with Crippen LogP contribution in [0.15, 0.2) is 42.5 Å². The van der Waals surface area contributed by atoms with E-state index < -0.39 is 0 Å². The maximum Gasteiger partial charge on any atom is 0.250 e. The topological polar surface area (TPSA) is 91.7 Å². The highest BCUT2D eigenvalue weighted by atomic mass is 35.5. The van der Waals surface area contributed by atoms with Gasteiger partial charge in [0.1, 0.15) is 0 Å². The Hall–Kier alpha value is -2.67. The molecule has 2 N–H and O–H groups in total. The van der Waals surface area contributed by atoms with Gasteiger partial charge in [-0.1, -0.05) is 37.3 Å². The van der Waals surface area contributed by atoms with Crippen molar-refractivity contribution in [1.29, 1.82) is 5.26 Å². The van der Waals surface area contributed by atoms with E-state index in [2.05, 4.69) is 33.8 Å². The number of carbonyl (C=O) groups excluding carboxylic acids is 2. The first-order chi connectivity index (χ1) is 16.5. The molecule has 0 saturated heterocycles. The summed E-state index contributed by atoms with van der Waals surface area (Å²) in [5, 5.41) is 19.4. The summed E-state index contributed by atoms with van der Waals surface area (Å²) in [5.74, 6) is -0.203. The number of aryl methyl sites for hydroxylation is 1. The van der Waals surface area contributed by atoms with Crippen molar-refractivity contribution >= 4 is 42.3 Å². The number of halogens is 2. The Bertz CT molecular complexity index is 1030. The second kappa shape index (κ2) is 15.4. The van der Waals surface area contributed by atoms with E-state index in [1.165, 1.54) is 11.1 Å². The SMILES string of the molecule is CCNCCN(C(=O)CNCC(=O)N(CC)N1Cc2ccccc2C1)c1cc(C#N)ccc1C.Cl.Cl. The van der Waals surface area contributed by atoms with Gasteiger partial charge < -0.3 is 10.2 Å². The van der Waals surface area contributed by atoms with Crippen molar-refractivity contribution in [1.82, 2.24) is 20.7 Å². The average Bonchev–Trinajstić information content (AvgIpc) is 3.26. The molecule has 0 spiro atoms. The molecule has 1 heterocycles. The van der Waals surface area contributed by atoms with Crippen LogP contribution in [0.4, 0.5) is 5.69 Å². The molecule has 0 saturated carbocycles. The number of hydrogen-bond donors (Lipinski definition) is 2. The number of amides is 2. The highest BCUT2D eigenvalue weighted by molar-refractivity contribution is 5.96. The van der Waals surface area contributed by atoms with E-state index in [1.807, 2.05) is 39.0 Å². The molecule has 36 heavy (non-hydrogen) atoms. The molecule has 3 rings (SSSR count). The highest BCUT2D eigenvalue weighted by Crippen LogP contribution is 2.24. The third kappa shape index (κ3) is 7.92. The summed E-state index contributed by atoms with van der Waals surface area (Å²) in [7, 11) is 0. The standard InChI is InChI=1S/C26H34N6O2.2ClH/c1-4-28-12-13-31(24-14-21(15-27)11-10-20(24)3)25(33)16-29-17-26(34)32(5-2)30-18-22-8-6-7-9-23(22)19-30;;/h6-11,14,28-29H,4-5,12-13,16-19H2,1-3H3;2*1H. The van der Waals surface area contributed by atoms with Gasteiger partial charge in [0, 0.05) is 38.4 Å². The molecule has 1 aliphatic heterocycles. The van der Waals surface area contributed by atoms with Crippen LogP contribution in [-0.4, -0.2) is 61.1 Å². The molecule has 196 valence electrons. The Morgan fingerprint density at radius 1 is 1.00 bits per heavy atom. The number of hydrogen-bond acceptors (Lipinski definition) is 6. The van der Waals surface area contributed by atoms with Gasteiger partial charge in [0.2, 0.25) is 5.91 Å². The van der Waals surface area contributed by atoms with Gasteiger partial charge in [0.25, 0.3) is 5.91 Å². The lowest BCUT2D eigenvalue weighted by Gasteiger charge is -2.31. The van der Waals surface area contributed by atoms with E-state index in [0.717, 1.165) is 17.8 Å². The number of nitriles is 1. The minimum absolute atomic E-state index is 0. The molecule has 0 unspecified atom stereocenters. The van der Waals surface area contributed by atoms with Gasteiger partial charge in [-0.2, -0.15) is 5.26 Å². The Morgan fingerprint density at radius 2 is 1.64 bits per heavy atom. The fraction of sp³-hybridized carbons (Fsp3) is 0.423. The van der Waals surface area contributed by atoms with Crippen molar-refractivity contribution in [3.8, 4) is 6.07 Å². The number of nitrogens with zero attached hydrogens (tertiary/aromatic N) is 4. The molecule has 8 nitrogen and oxygen atoms in total. The monoisotopic (exact) mass is 534 g/mol. The van der Waals surface area contributed by atoms with E-state index in [4.69, 9.17) is 0 Å². The summed E-state index contributed by atoms with van der Waals surface area (Å²) in [6.45, 7) is 9.91. The first kappa shape index (κ1) is 31.4. The van der Waals surface area contributed by atoms with E-state index in [9.17, 15) is 14.9 Å². The van der Waals surface area contributed by atoms with E-state index in [0.29, 0.717) is 38.3 Å². The first-order valence-electron chi connectivity index (χ1n) is 11.8. The van der Waals surface area contributed by atoms with Gasteiger partial charge in [-0.25, -0.2) is 5.01 Å². The number of rotatable bonds is 11. The zero-order valence-electron chi connectivity index (χ0n) is 21.1. The number of nitrogens with one attached hydrogen (secondary N) is 2. The molecule has 0 atom stereocenters. The quantitative estimate of drug-likeness (QED) is 0.430. The molecule has 0 aliphatic carbocycles. The predicted octanol–water partition coefficient (Wildman–Crippen LogP) is 3.02. The molecule has 10 heteroatoms. The van der Waals surface area contributed by atoms with Crippen LogP contribution >= 0.6 is 24.8 Å². The third-order valence-electron chi connectivity index (χ3n) is 6.00. The molecule has 0 fully saturated rings. The number of fused-ring (bicyclic) bond motifs is 1. The van der Waals surface area contributed by atoms with E-state index in [1.54, 1.807) is 22.0 Å². The van der Waals surface area contributed by atoms with Crippen molar-refractivity contribution in [3.05, 3.63) is 64.7 Å². The highest BCUT2D eigenvalue weighted by Gasteiger charge is 2.26. The summed E-state index contributed by atoms with van der Waals surface area (Å²) in [5.41, 5.74) is 4.63. The lowest BCUT2D eigenvalue weighted by Crippen LogP contribution is -2.49. The van der Waals surface area contributed by atoms with Crippen LogP contribution in [0.3, 0.4) is 0 Å². The Kier molecular flexibility index (Phi) is 13.5. The zero-order valence-corrected chi connectivity index (χ0v) is 22.8. The van der Waals surface area contributed by atoms with E-state index >= 15 is 0 Å². The van der Waals surface area contributed by atoms with Crippen molar-refractivity contribution in [2.75, 3.05) is 44.2 Å². The van der Waals surface area contributed by atoms with Crippen LogP contribution in [-0.2, 0) is 22.7 Å². The van der Waals surface area contributed by atoms with Crippen LogP contribution in [0, 0.1) is 18.3 Å². The van der Waals surface area contributed by atoms with Crippen molar-refractivity contribution in [2.24, 2.45) is 0 Å². The van der Waals surface area contributed by atoms with Crippen molar-refractivity contribution < 1.29 is 9.59 Å². The maximum atomic E-state index is 13.1. The number of hydrazine groups is 1. The van der Waals surface area contributed by atoms with Gasteiger partial charge in [0.15, 0.2) is 0 Å².